The number of aliphatic hydroxyl groups is 1. The predicted octanol–water partition coefficient (Wildman–Crippen LogP) is 3.12. The minimum atomic E-state index is -0.772. The smallest absolute Gasteiger partial charge is 0.224 e. The van der Waals surface area contributed by atoms with Gasteiger partial charge in [-0.15, -0.1) is 0 Å². The lowest BCUT2D eigenvalue weighted by Gasteiger charge is -2.38. The van der Waals surface area contributed by atoms with Gasteiger partial charge in [-0.1, -0.05) is 6.07 Å². The molecule has 3 N–H and O–H groups in total. The van der Waals surface area contributed by atoms with Gasteiger partial charge in [-0.2, -0.15) is 10.2 Å². The van der Waals surface area contributed by atoms with Crippen LogP contribution in [0.3, 0.4) is 0 Å². The highest BCUT2D eigenvalue weighted by Crippen LogP contribution is 2.34. The first kappa shape index (κ1) is 23.6. The lowest BCUT2D eigenvalue weighted by molar-refractivity contribution is -0.0279. The Hall–Kier alpha value is -3.58. The number of nitriles is 1. The third kappa shape index (κ3) is 5.31. The highest BCUT2D eigenvalue weighted by Gasteiger charge is 2.28. The van der Waals surface area contributed by atoms with E-state index in [2.05, 4.69) is 39.8 Å². The van der Waals surface area contributed by atoms with Crippen molar-refractivity contribution in [3.63, 3.8) is 0 Å². The number of hydrogen-bond acceptors (Lipinski definition) is 9. The molecule has 1 aliphatic rings. The maximum atomic E-state index is 9.95. The van der Waals surface area contributed by atoms with E-state index in [-0.39, 0.29) is 12.1 Å². The fraction of sp³-hybridized carbons (Fsp3) is 0.360. The number of nitrogens with two attached hydrogens (primary N) is 1. The molecular weight excluding hydrogens is 432 g/mol. The standard InChI is InChI=1S/C25H28N6O3/c1-16-29-23(31-8-9-33-25(2,3)15-31)11-24(30-16)34-22-10-17(12-26)4-6-19(22)20-7-5-18(14-28-20)21(32)13-27/h4-7,10-11,14,21,32H,8-9,13,15,27H2,1-3H3. The predicted molar refractivity (Wildman–Crippen MR) is 127 cm³/mol. The minimum Gasteiger partial charge on any atom is -0.438 e. The van der Waals surface area contributed by atoms with Crippen molar-refractivity contribution in [2.24, 2.45) is 5.73 Å². The molecule has 9 nitrogen and oxygen atoms in total. The molecule has 9 heteroatoms. The van der Waals surface area contributed by atoms with Gasteiger partial charge in [0.1, 0.15) is 17.4 Å². The molecule has 1 unspecified atom stereocenters. The van der Waals surface area contributed by atoms with E-state index in [0.717, 1.165) is 12.4 Å². The van der Waals surface area contributed by atoms with Gasteiger partial charge in [0.2, 0.25) is 5.88 Å². The molecule has 0 aliphatic carbocycles. The maximum Gasteiger partial charge on any atom is 0.224 e. The summed E-state index contributed by atoms with van der Waals surface area (Å²) in [4.78, 5) is 15.7. The quantitative estimate of drug-likeness (QED) is 0.569. The molecule has 4 rings (SSSR count). The van der Waals surface area contributed by atoms with Crippen molar-refractivity contribution in [3.05, 3.63) is 59.5 Å². The van der Waals surface area contributed by atoms with Gasteiger partial charge in [-0.05, 0) is 45.0 Å². The summed E-state index contributed by atoms with van der Waals surface area (Å²) < 4.78 is 12.0. The van der Waals surface area contributed by atoms with Gasteiger partial charge in [0.25, 0.3) is 0 Å². The van der Waals surface area contributed by atoms with Gasteiger partial charge < -0.3 is 25.2 Å². The average Bonchev–Trinajstić information content (AvgIpc) is 2.82. The molecule has 1 aromatic carbocycles. The molecule has 34 heavy (non-hydrogen) atoms. The second-order valence-electron chi connectivity index (χ2n) is 8.79. The molecule has 1 atom stereocenters. The highest BCUT2D eigenvalue weighted by atomic mass is 16.5. The maximum absolute atomic E-state index is 9.95. The van der Waals surface area contributed by atoms with Gasteiger partial charge in [-0.25, -0.2) is 4.98 Å². The first-order valence-corrected chi connectivity index (χ1v) is 11.1. The van der Waals surface area contributed by atoms with E-state index in [9.17, 15) is 10.4 Å². The van der Waals surface area contributed by atoms with E-state index < -0.39 is 6.10 Å². The van der Waals surface area contributed by atoms with Gasteiger partial charge in [0, 0.05) is 43.0 Å². The minimum absolute atomic E-state index is 0.113. The zero-order valence-corrected chi connectivity index (χ0v) is 19.5. The van der Waals surface area contributed by atoms with Crippen molar-refractivity contribution < 1.29 is 14.6 Å². The summed E-state index contributed by atoms with van der Waals surface area (Å²) >= 11 is 0. The molecule has 0 radical (unpaired) electrons. The fourth-order valence-electron chi connectivity index (χ4n) is 3.85. The number of aliphatic hydroxyl groups excluding tert-OH is 1. The number of pyridine rings is 1. The monoisotopic (exact) mass is 460 g/mol. The number of nitrogens with zero attached hydrogens (tertiary/aromatic N) is 5. The first-order valence-electron chi connectivity index (χ1n) is 11.1. The van der Waals surface area contributed by atoms with Crippen molar-refractivity contribution in [1.29, 1.82) is 5.26 Å². The summed E-state index contributed by atoms with van der Waals surface area (Å²) in [6.45, 7) is 8.06. The van der Waals surface area contributed by atoms with Crippen LogP contribution in [0.2, 0.25) is 0 Å². The third-order valence-corrected chi connectivity index (χ3v) is 5.55. The molecule has 2 aromatic heterocycles. The first-order chi connectivity index (χ1) is 16.3. The third-order valence-electron chi connectivity index (χ3n) is 5.55. The summed E-state index contributed by atoms with van der Waals surface area (Å²) in [7, 11) is 0. The van der Waals surface area contributed by atoms with Gasteiger partial charge >= 0.3 is 0 Å². The van der Waals surface area contributed by atoms with Crippen LogP contribution >= 0.6 is 0 Å². The number of ether oxygens (including phenoxy) is 2. The van der Waals surface area contributed by atoms with Crippen molar-refractivity contribution in [3.8, 4) is 29.0 Å². The van der Waals surface area contributed by atoms with Gasteiger partial charge in [-0.3, -0.25) is 4.98 Å². The van der Waals surface area contributed by atoms with Crippen LogP contribution < -0.4 is 15.4 Å². The Morgan fingerprint density at radius 3 is 2.76 bits per heavy atom. The van der Waals surface area contributed by atoms with Gasteiger partial charge in [0.05, 0.1) is 35.6 Å². The molecule has 1 fully saturated rings. The molecule has 3 heterocycles. The molecule has 0 bridgehead atoms. The Labute approximate surface area is 198 Å². The fourth-order valence-corrected chi connectivity index (χ4v) is 3.85. The number of hydrogen-bond donors (Lipinski definition) is 2. The summed E-state index contributed by atoms with van der Waals surface area (Å²) in [5.41, 5.74) is 7.67. The number of rotatable bonds is 6. The van der Waals surface area contributed by atoms with Crippen LogP contribution in [0.4, 0.5) is 5.82 Å². The second kappa shape index (κ2) is 9.73. The number of aryl methyl sites for hydroxylation is 1. The van der Waals surface area contributed by atoms with Crippen molar-refractivity contribution in [1.82, 2.24) is 15.0 Å². The van der Waals surface area contributed by atoms with Crippen molar-refractivity contribution >= 4 is 5.82 Å². The van der Waals surface area contributed by atoms with Crippen LogP contribution in [0.15, 0.2) is 42.6 Å². The molecular formula is C25H28N6O3. The highest BCUT2D eigenvalue weighted by molar-refractivity contribution is 5.69. The molecule has 1 saturated heterocycles. The Kier molecular flexibility index (Phi) is 6.75. The zero-order valence-electron chi connectivity index (χ0n) is 19.5. The van der Waals surface area contributed by atoms with E-state index >= 15 is 0 Å². The van der Waals surface area contributed by atoms with E-state index in [1.807, 2.05) is 6.92 Å². The van der Waals surface area contributed by atoms with Crippen LogP contribution in [0.5, 0.6) is 11.6 Å². The number of anilines is 1. The molecule has 1 aliphatic heterocycles. The molecule has 0 saturated carbocycles. The Balaban J connectivity index is 1.67. The zero-order chi connectivity index (χ0) is 24.3. The number of aromatic nitrogens is 3. The normalized spacial score (nSPS) is 16.1. The molecule has 0 spiro atoms. The summed E-state index contributed by atoms with van der Waals surface area (Å²) in [5.74, 6) is 2.16. The molecule has 176 valence electrons. The Morgan fingerprint density at radius 1 is 1.26 bits per heavy atom. The van der Waals surface area contributed by atoms with E-state index in [1.54, 1.807) is 42.6 Å². The van der Waals surface area contributed by atoms with E-state index in [0.29, 0.717) is 53.0 Å². The lowest BCUT2D eigenvalue weighted by Crippen LogP contribution is -2.48. The summed E-state index contributed by atoms with van der Waals surface area (Å²) in [5, 5.41) is 19.4. The SMILES string of the molecule is Cc1nc(Oc2cc(C#N)ccc2-c2ccc(C(O)CN)cn2)cc(N2CCOC(C)(C)C2)n1. The van der Waals surface area contributed by atoms with Crippen molar-refractivity contribution in [2.75, 3.05) is 31.1 Å². The van der Waals surface area contributed by atoms with Crippen LogP contribution in [-0.2, 0) is 4.74 Å². The number of benzene rings is 1. The van der Waals surface area contributed by atoms with Crippen LogP contribution in [0.25, 0.3) is 11.3 Å². The van der Waals surface area contributed by atoms with E-state index in [1.165, 1.54) is 0 Å². The summed E-state index contributed by atoms with van der Waals surface area (Å²) in [6.07, 6.45) is 0.813. The molecule has 3 aromatic rings. The number of morpholine rings is 1. The van der Waals surface area contributed by atoms with Crippen LogP contribution in [0, 0.1) is 18.3 Å². The van der Waals surface area contributed by atoms with Crippen LogP contribution in [-0.4, -0.2) is 51.9 Å². The largest absolute Gasteiger partial charge is 0.438 e. The van der Waals surface area contributed by atoms with Crippen molar-refractivity contribution in [2.45, 2.75) is 32.5 Å². The topological polar surface area (TPSA) is 130 Å². The van der Waals surface area contributed by atoms with E-state index in [4.69, 9.17) is 15.2 Å². The van der Waals surface area contributed by atoms with Crippen LogP contribution in [0.1, 0.15) is 36.9 Å². The molecule has 0 amide bonds. The average molecular weight is 461 g/mol. The lowest BCUT2D eigenvalue weighted by atomic mass is 10.1. The Bertz CT molecular complexity index is 1210. The van der Waals surface area contributed by atoms with Gasteiger partial charge in [0.15, 0.2) is 0 Å². The summed E-state index contributed by atoms with van der Waals surface area (Å²) in [6, 6.07) is 12.7. The second-order valence-corrected chi connectivity index (χ2v) is 8.79. The Morgan fingerprint density at radius 2 is 2.09 bits per heavy atom.